The van der Waals surface area contributed by atoms with Crippen molar-refractivity contribution in [1.82, 2.24) is 0 Å². The highest BCUT2D eigenvalue weighted by Crippen LogP contribution is 2.25. The number of rotatable bonds is 6. The molecule has 0 spiro atoms. The summed E-state index contributed by atoms with van der Waals surface area (Å²) in [6, 6.07) is 13.6. The molecule has 6 heteroatoms. The van der Waals surface area contributed by atoms with E-state index in [1.807, 2.05) is 30.3 Å². The Morgan fingerprint density at radius 3 is 2.46 bits per heavy atom. The van der Waals surface area contributed by atoms with Gasteiger partial charge in [-0.05, 0) is 31.5 Å². The summed E-state index contributed by atoms with van der Waals surface area (Å²) in [5.41, 5.74) is 1.30. The molecule has 0 unspecified atom stereocenters. The number of nitrogens with one attached hydrogen (secondary N) is 1. The number of amides is 1. The van der Waals surface area contributed by atoms with Crippen LogP contribution in [0.15, 0.2) is 48.5 Å². The van der Waals surface area contributed by atoms with Gasteiger partial charge in [0.2, 0.25) is 0 Å². The Balaban J connectivity index is 2.03. The first-order valence-corrected chi connectivity index (χ1v) is 7.47. The molecule has 0 fully saturated rings. The number of hydrogen-bond acceptors (Lipinski definition) is 4. The van der Waals surface area contributed by atoms with Gasteiger partial charge in [0.15, 0.2) is 0 Å². The summed E-state index contributed by atoms with van der Waals surface area (Å²) < 4.78 is 10.6. The number of ether oxygens (including phenoxy) is 2. The summed E-state index contributed by atoms with van der Waals surface area (Å²) >= 11 is 0. The number of carboxylic acids is 1. The van der Waals surface area contributed by atoms with Crippen LogP contribution >= 0.6 is 0 Å². The third-order valence-corrected chi connectivity index (χ3v) is 3.03. The van der Waals surface area contributed by atoms with Crippen molar-refractivity contribution in [2.45, 2.75) is 26.6 Å². The minimum absolute atomic E-state index is 0.0342. The topological polar surface area (TPSA) is 84.9 Å². The molecule has 2 N–H and O–H groups in total. The van der Waals surface area contributed by atoms with Gasteiger partial charge in [0, 0.05) is 11.8 Å². The Bertz CT molecular complexity index is 713. The SMILES string of the molecule is CC(C)Oc1cc(NC(=O)OCc2ccccc2)ccc1C(=O)O. The van der Waals surface area contributed by atoms with Crippen LogP contribution in [0.3, 0.4) is 0 Å². The lowest BCUT2D eigenvalue weighted by Crippen LogP contribution is -2.15. The molecule has 1 amide bonds. The zero-order valence-electron chi connectivity index (χ0n) is 13.5. The molecule has 0 bridgehead atoms. The molecule has 2 aromatic rings. The van der Waals surface area contributed by atoms with Gasteiger partial charge in [0.1, 0.15) is 17.9 Å². The van der Waals surface area contributed by atoms with Gasteiger partial charge in [0.25, 0.3) is 0 Å². The molecule has 0 heterocycles. The molecular weight excluding hydrogens is 310 g/mol. The largest absolute Gasteiger partial charge is 0.490 e. The molecule has 0 saturated heterocycles. The van der Waals surface area contributed by atoms with Crippen LogP contribution in [0.2, 0.25) is 0 Å². The maximum absolute atomic E-state index is 11.8. The predicted octanol–water partition coefficient (Wildman–Crippen LogP) is 3.92. The van der Waals surface area contributed by atoms with E-state index in [-0.39, 0.29) is 24.0 Å². The molecule has 2 aromatic carbocycles. The molecule has 2 rings (SSSR count). The van der Waals surface area contributed by atoms with Crippen LogP contribution in [0.5, 0.6) is 5.75 Å². The Morgan fingerprint density at radius 2 is 1.83 bits per heavy atom. The highest BCUT2D eigenvalue weighted by molar-refractivity contribution is 5.93. The quantitative estimate of drug-likeness (QED) is 0.839. The maximum atomic E-state index is 11.8. The fraction of sp³-hybridized carbons (Fsp3) is 0.222. The fourth-order valence-corrected chi connectivity index (χ4v) is 2.01. The van der Waals surface area contributed by atoms with E-state index >= 15 is 0 Å². The summed E-state index contributed by atoms with van der Waals surface area (Å²) in [5, 5.41) is 11.7. The molecule has 0 aromatic heterocycles. The Morgan fingerprint density at radius 1 is 1.12 bits per heavy atom. The van der Waals surface area contributed by atoms with Crippen LogP contribution < -0.4 is 10.1 Å². The zero-order chi connectivity index (χ0) is 17.5. The Hall–Kier alpha value is -3.02. The van der Waals surface area contributed by atoms with Crippen molar-refractivity contribution in [3.8, 4) is 5.75 Å². The lowest BCUT2D eigenvalue weighted by atomic mass is 10.2. The number of benzene rings is 2. The molecule has 0 aliphatic heterocycles. The number of carbonyl (C=O) groups excluding carboxylic acids is 1. The van der Waals surface area contributed by atoms with Crippen LogP contribution in [0.4, 0.5) is 10.5 Å². The number of anilines is 1. The van der Waals surface area contributed by atoms with Gasteiger partial charge >= 0.3 is 12.1 Å². The Kier molecular flexibility index (Phi) is 5.78. The van der Waals surface area contributed by atoms with Crippen molar-refractivity contribution in [3.05, 3.63) is 59.7 Å². The van der Waals surface area contributed by atoms with Crippen LogP contribution in [-0.2, 0) is 11.3 Å². The smallest absolute Gasteiger partial charge is 0.411 e. The van der Waals surface area contributed by atoms with Gasteiger partial charge in [0.05, 0.1) is 6.10 Å². The van der Waals surface area contributed by atoms with Gasteiger partial charge in [-0.15, -0.1) is 0 Å². The second-order valence-corrected chi connectivity index (χ2v) is 5.37. The van der Waals surface area contributed by atoms with E-state index in [0.29, 0.717) is 5.69 Å². The van der Waals surface area contributed by atoms with E-state index < -0.39 is 12.1 Å². The second kappa shape index (κ2) is 8.01. The van der Waals surface area contributed by atoms with Gasteiger partial charge in [-0.25, -0.2) is 9.59 Å². The summed E-state index contributed by atoms with van der Waals surface area (Å²) in [6.45, 7) is 3.73. The first-order chi connectivity index (χ1) is 11.5. The molecule has 126 valence electrons. The van der Waals surface area contributed by atoms with E-state index in [9.17, 15) is 9.59 Å². The van der Waals surface area contributed by atoms with Crippen molar-refractivity contribution in [2.75, 3.05) is 5.32 Å². The monoisotopic (exact) mass is 329 g/mol. The third-order valence-electron chi connectivity index (χ3n) is 3.03. The van der Waals surface area contributed by atoms with E-state index in [0.717, 1.165) is 5.56 Å². The van der Waals surface area contributed by atoms with Crippen LogP contribution in [0.25, 0.3) is 0 Å². The van der Waals surface area contributed by atoms with Crippen molar-refractivity contribution in [1.29, 1.82) is 0 Å². The summed E-state index contributed by atoms with van der Waals surface area (Å²) in [7, 11) is 0. The standard InChI is InChI=1S/C18H19NO5/c1-12(2)24-16-10-14(8-9-15(16)17(20)21)19-18(22)23-11-13-6-4-3-5-7-13/h3-10,12H,11H2,1-2H3,(H,19,22)(H,20,21). The summed E-state index contributed by atoms with van der Waals surface area (Å²) in [4.78, 5) is 23.1. The average Bonchev–Trinajstić information content (AvgIpc) is 2.53. The van der Waals surface area contributed by atoms with Gasteiger partial charge in [-0.3, -0.25) is 5.32 Å². The van der Waals surface area contributed by atoms with E-state index in [1.165, 1.54) is 18.2 Å². The predicted molar refractivity (Wildman–Crippen MR) is 89.4 cm³/mol. The normalized spacial score (nSPS) is 10.3. The molecule has 0 atom stereocenters. The highest BCUT2D eigenvalue weighted by atomic mass is 16.5. The summed E-state index contributed by atoms with van der Waals surface area (Å²) in [6.07, 6.45) is -0.819. The van der Waals surface area contributed by atoms with E-state index in [4.69, 9.17) is 14.6 Å². The number of hydrogen-bond donors (Lipinski definition) is 2. The molecule has 0 saturated carbocycles. The van der Waals surface area contributed by atoms with Crippen molar-refractivity contribution < 1.29 is 24.2 Å². The average molecular weight is 329 g/mol. The zero-order valence-corrected chi connectivity index (χ0v) is 13.5. The molecule has 24 heavy (non-hydrogen) atoms. The molecule has 0 radical (unpaired) electrons. The second-order valence-electron chi connectivity index (χ2n) is 5.37. The minimum atomic E-state index is -1.09. The minimum Gasteiger partial charge on any atom is -0.490 e. The fourth-order valence-electron chi connectivity index (χ4n) is 2.01. The lowest BCUT2D eigenvalue weighted by Gasteiger charge is -2.14. The third kappa shape index (κ3) is 5.01. The molecule has 6 nitrogen and oxygen atoms in total. The Labute approximate surface area is 140 Å². The van der Waals surface area contributed by atoms with Crippen molar-refractivity contribution in [2.24, 2.45) is 0 Å². The van der Waals surface area contributed by atoms with Gasteiger partial charge in [-0.1, -0.05) is 30.3 Å². The van der Waals surface area contributed by atoms with Crippen LogP contribution in [0.1, 0.15) is 29.8 Å². The highest BCUT2D eigenvalue weighted by Gasteiger charge is 2.14. The van der Waals surface area contributed by atoms with Crippen molar-refractivity contribution >= 4 is 17.7 Å². The first-order valence-electron chi connectivity index (χ1n) is 7.47. The summed E-state index contributed by atoms with van der Waals surface area (Å²) in [5.74, 6) is -0.901. The van der Waals surface area contributed by atoms with Crippen molar-refractivity contribution in [3.63, 3.8) is 0 Å². The van der Waals surface area contributed by atoms with Gasteiger partial charge < -0.3 is 14.6 Å². The van der Waals surface area contributed by atoms with Gasteiger partial charge in [-0.2, -0.15) is 0 Å². The maximum Gasteiger partial charge on any atom is 0.411 e. The van der Waals surface area contributed by atoms with Crippen LogP contribution in [-0.4, -0.2) is 23.3 Å². The molecular formula is C18H19NO5. The molecule has 0 aliphatic carbocycles. The number of carboxylic acid groups (broad SMARTS) is 1. The van der Waals surface area contributed by atoms with E-state index in [2.05, 4.69) is 5.32 Å². The number of aromatic carboxylic acids is 1. The first kappa shape index (κ1) is 17.3. The number of carbonyl (C=O) groups is 2. The van der Waals surface area contributed by atoms with E-state index in [1.54, 1.807) is 13.8 Å². The lowest BCUT2D eigenvalue weighted by molar-refractivity contribution is 0.0690. The molecule has 0 aliphatic rings. The van der Waals surface area contributed by atoms with Crippen LogP contribution in [0, 0.1) is 0 Å².